The monoisotopic (exact) mass is 274 g/mol. The molecule has 3 N–H and O–H groups in total. The Labute approximate surface area is 119 Å². The van der Waals surface area contributed by atoms with Crippen LogP contribution in [0.15, 0.2) is 30.3 Å². The molecule has 1 aromatic carbocycles. The highest BCUT2D eigenvalue weighted by Gasteiger charge is 2.41. The molecule has 1 amide bonds. The topological polar surface area (TPSA) is 64.4 Å². The van der Waals surface area contributed by atoms with Crippen LogP contribution in [-0.2, 0) is 16.0 Å². The number of benzene rings is 1. The molecule has 2 saturated heterocycles. The Bertz CT molecular complexity index is 463. The van der Waals surface area contributed by atoms with Gasteiger partial charge in [-0.15, -0.1) is 0 Å². The van der Waals surface area contributed by atoms with E-state index >= 15 is 0 Å². The number of nitrogens with one attached hydrogen (secondary N) is 1. The van der Waals surface area contributed by atoms with Gasteiger partial charge in [-0.25, -0.2) is 0 Å². The lowest BCUT2D eigenvalue weighted by Gasteiger charge is -2.22. The second-order valence-electron chi connectivity index (χ2n) is 5.86. The molecule has 108 valence electrons. The van der Waals surface area contributed by atoms with Crippen molar-refractivity contribution in [1.82, 2.24) is 5.32 Å². The van der Waals surface area contributed by atoms with Crippen molar-refractivity contribution in [3.63, 3.8) is 0 Å². The molecule has 0 spiro atoms. The standard InChI is InChI=1S/C16H22N2O2/c17-13(8-6-11-4-2-1-3-5-11)16(19)18-14-10-12-7-9-15(14)20-12/h1-5,12-15H,6-10,17H2,(H,18,19). The second kappa shape index (κ2) is 5.94. The lowest BCUT2D eigenvalue weighted by molar-refractivity contribution is -0.123. The summed E-state index contributed by atoms with van der Waals surface area (Å²) in [7, 11) is 0. The van der Waals surface area contributed by atoms with Crippen LogP contribution in [0.25, 0.3) is 0 Å². The van der Waals surface area contributed by atoms with E-state index in [0.29, 0.717) is 12.5 Å². The van der Waals surface area contributed by atoms with E-state index in [-0.39, 0.29) is 18.1 Å². The molecule has 0 saturated carbocycles. The van der Waals surface area contributed by atoms with Gasteiger partial charge in [0, 0.05) is 0 Å². The number of ether oxygens (including phenoxy) is 1. The van der Waals surface area contributed by atoms with E-state index in [1.165, 1.54) is 5.56 Å². The summed E-state index contributed by atoms with van der Waals surface area (Å²) in [6.07, 6.45) is 5.23. The summed E-state index contributed by atoms with van der Waals surface area (Å²) in [5.41, 5.74) is 7.21. The lowest BCUT2D eigenvalue weighted by Crippen LogP contribution is -2.48. The molecule has 2 aliphatic rings. The zero-order valence-corrected chi connectivity index (χ0v) is 11.6. The van der Waals surface area contributed by atoms with Crippen molar-refractivity contribution >= 4 is 5.91 Å². The van der Waals surface area contributed by atoms with Crippen molar-refractivity contribution in [1.29, 1.82) is 0 Å². The fraction of sp³-hybridized carbons (Fsp3) is 0.562. The maximum atomic E-state index is 12.1. The Kier molecular flexibility index (Phi) is 4.03. The molecular weight excluding hydrogens is 252 g/mol. The van der Waals surface area contributed by atoms with Gasteiger partial charge in [-0.05, 0) is 37.7 Å². The first-order valence-electron chi connectivity index (χ1n) is 7.48. The number of carbonyl (C=O) groups is 1. The zero-order chi connectivity index (χ0) is 13.9. The van der Waals surface area contributed by atoms with Crippen LogP contribution in [0.2, 0.25) is 0 Å². The minimum atomic E-state index is -0.436. The van der Waals surface area contributed by atoms with Gasteiger partial charge in [0.1, 0.15) is 0 Å². The van der Waals surface area contributed by atoms with Gasteiger partial charge in [0.15, 0.2) is 0 Å². The van der Waals surface area contributed by atoms with Crippen molar-refractivity contribution in [3.8, 4) is 0 Å². The molecule has 0 aliphatic carbocycles. The van der Waals surface area contributed by atoms with Gasteiger partial charge in [-0.3, -0.25) is 4.79 Å². The molecule has 4 atom stereocenters. The third-order valence-electron chi connectivity index (χ3n) is 4.36. The third kappa shape index (κ3) is 3.02. The molecule has 0 aromatic heterocycles. The van der Waals surface area contributed by atoms with Crippen molar-refractivity contribution < 1.29 is 9.53 Å². The first kappa shape index (κ1) is 13.6. The average molecular weight is 274 g/mol. The van der Waals surface area contributed by atoms with Crippen molar-refractivity contribution in [2.24, 2.45) is 5.73 Å². The van der Waals surface area contributed by atoms with Crippen LogP contribution in [0.4, 0.5) is 0 Å². The summed E-state index contributed by atoms with van der Waals surface area (Å²) in [5, 5.41) is 3.06. The molecule has 3 rings (SSSR count). The van der Waals surface area contributed by atoms with Crippen LogP contribution in [0.3, 0.4) is 0 Å². The highest BCUT2D eigenvalue weighted by molar-refractivity contribution is 5.81. The number of aryl methyl sites for hydroxylation is 1. The number of amides is 1. The van der Waals surface area contributed by atoms with Gasteiger partial charge in [0.2, 0.25) is 5.91 Å². The van der Waals surface area contributed by atoms with Gasteiger partial charge in [-0.1, -0.05) is 30.3 Å². The Balaban J connectivity index is 1.45. The summed E-state index contributed by atoms with van der Waals surface area (Å²) in [6, 6.07) is 9.87. The summed E-state index contributed by atoms with van der Waals surface area (Å²) < 4.78 is 5.74. The molecule has 2 fully saturated rings. The highest BCUT2D eigenvalue weighted by atomic mass is 16.5. The molecule has 4 nitrogen and oxygen atoms in total. The van der Waals surface area contributed by atoms with Gasteiger partial charge < -0.3 is 15.8 Å². The van der Waals surface area contributed by atoms with E-state index < -0.39 is 6.04 Å². The number of hydrogen-bond acceptors (Lipinski definition) is 3. The van der Waals surface area contributed by atoms with Crippen LogP contribution in [-0.4, -0.2) is 30.2 Å². The molecule has 2 heterocycles. The number of hydrogen-bond donors (Lipinski definition) is 2. The van der Waals surface area contributed by atoms with Crippen LogP contribution < -0.4 is 11.1 Å². The van der Waals surface area contributed by atoms with Crippen molar-refractivity contribution in [2.45, 2.75) is 56.4 Å². The average Bonchev–Trinajstić information content (AvgIpc) is 3.08. The van der Waals surface area contributed by atoms with Crippen LogP contribution in [0, 0.1) is 0 Å². The molecule has 20 heavy (non-hydrogen) atoms. The highest BCUT2D eigenvalue weighted by Crippen LogP contribution is 2.34. The van der Waals surface area contributed by atoms with Crippen molar-refractivity contribution in [2.75, 3.05) is 0 Å². The molecule has 4 unspecified atom stereocenters. The maximum absolute atomic E-state index is 12.1. The van der Waals surface area contributed by atoms with Gasteiger partial charge in [0.05, 0.1) is 24.3 Å². The van der Waals surface area contributed by atoms with E-state index in [9.17, 15) is 4.79 Å². The number of nitrogens with two attached hydrogens (primary N) is 1. The summed E-state index contributed by atoms with van der Waals surface area (Å²) in [4.78, 5) is 12.1. The second-order valence-corrected chi connectivity index (χ2v) is 5.86. The summed E-state index contributed by atoms with van der Waals surface area (Å²) in [6.45, 7) is 0. The molecular formula is C16H22N2O2. The Morgan fingerprint density at radius 2 is 2.15 bits per heavy atom. The quantitative estimate of drug-likeness (QED) is 0.852. The van der Waals surface area contributed by atoms with Gasteiger partial charge in [-0.2, -0.15) is 0 Å². The van der Waals surface area contributed by atoms with E-state index in [0.717, 1.165) is 25.7 Å². The minimum Gasteiger partial charge on any atom is -0.373 e. The molecule has 2 aliphatic heterocycles. The Morgan fingerprint density at radius 3 is 2.80 bits per heavy atom. The maximum Gasteiger partial charge on any atom is 0.237 e. The molecule has 4 heteroatoms. The van der Waals surface area contributed by atoms with E-state index in [1.807, 2.05) is 18.2 Å². The largest absolute Gasteiger partial charge is 0.373 e. The Hall–Kier alpha value is -1.39. The lowest BCUT2D eigenvalue weighted by atomic mass is 9.95. The normalized spacial score (nSPS) is 29.4. The minimum absolute atomic E-state index is 0.0397. The Morgan fingerprint density at radius 1 is 1.35 bits per heavy atom. The molecule has 0 radical (unpaired) electrons. The van der Waals surface area contributed by atoms with Crippen LogP contribution in [0.1, 0.15) is 31.2 Å². The van der Waals surface area contributed by atoms with E-state index in [4.69, 9.17) is 10.5 Å². The predicted molar refractivity (Wildman–Crippen MR) is 77.2 cm³/mol. The number of carbonyl (C=O) groups excluding carboxylic acids is 1. The number of rotatable bonds is 5. The fourth-order valence-electron chi connectivity index (χ4n) is 3.18. The SMILES string of the molecule is NC(CCc1ccccc1)C(=O)NC1CC2CCC1O2. The number of fused-ring (bicyclic) bond motifs is 2. The first-order chi connectivity index (χ1) is 9.72. The molecule has 1 aromatic rings. The van der Waals surface area contributed by atoms with Gasteiger partial charge >= 0.3 is 0 Å². The predicted octanol–water partition coefficient (Wildman–Crippen LogP) is 1.38. The first-order valence-corrected chi connectivity index (χ1v) is 7.48. The van der Waals surface area contributed by atoms with Crippen LogP contribution >= 0.6 is 0 Å². The van der Waals surface area contributed by atoms with E-state index in [2.05, 4.69) is 17.4 Å². The van der Waals surface area contributed by atoms with E-state index in [1.54, 1.807) is 0 Å². The summed E-state index contributed by atoms with van der Waals surface area (Å²) >= 11 is 0. The summed E-state index contributed by atoms with van der Waals surface area (Å²) in [5.74, 6) is -0.0397. The molecule has 2 bridgehead atoms. The van der Waals surface area contributed by atoms with Gasteiger partial charge in [0.25, 0.3) is 0 Å². The van der Waals surface area contributed by atoms with Crippen molar-refractivity contribution in [3.05, 3.63) is 35.9 Å². The van der Waals surface area contributed by atoms with Crippen LogP contribution in [0.5, 0.6) is 0 Å². The fourth-order valence-corrected chi connectivity index (χ4v) is 3.18. The zero-order valence-electron chi connectivity index (χ0n) is 11.6. The smallest absolute Gasteiger partial charge is 0.237 e. The third-order valence-corrected chi connectivity index (χ3v) is 4.36.